The fraction of sp³-hybridized carbons (Fsp3) is 1.00. The Hall–Kier alpha value is -0.770. The summed E-state index contributed by atoms with van der Waals surface area (Å²) in [7, 11) is 0. The van der Waals surface area contributed by atoms with Crippen LogP contribution < -0.4 is 0 Å². The van der Waals surface area contributed by atoms with Crippen LogP contribution in [0.5, 0.6) is 0 Å². The normalized spacial score (nSPS) is 20.4. The first-order valence-electron chi connectivity index (χ1n) is 4.24. The molecule has 1 N–H and O–H groups in total. The second-order valence-electron chi connectivity index (χ2n) is 3.03. The molecule has 0 aromatic carbocycles. The number of aliphatic hydroxyl groups is 1. The van der Waals surface area contributed by atoms with Crippen molar-refractivity contribution in [2.24, 2.45) is 5.11 Å². The summed E-state index contributed by atoms with van der Waals surface area (Å²) in [5.74, 6) is 0. The summed E-state index contributed by atoms with van der Waals surface area (Å²) in [5, 5.41) is 12.7. The molecule has 0 amide bonds. The molecule has 68 valence electrons. The van der Waals surface area contributed by atoms with Crippen LogP contribution in [0.15, 0.2) is 5.11 Å². The second-order valence-corrected chi connectivity index (χ2v) is 3.03. The zero-order chi connectivity index (χ0) is 8.81. The van der Waals surface area contributed by atoms with Gasteiger partial charge in [-0.05, 0) is 18.4 Å². The number of azide groups is 1. The maximum atomic E-state index is 9.19. The van der Waals surface area contributed by atoms with Crippen molar-refractivity contribution in [1.29, 1.82) is 0 Å². The van der Waals surface area contributed by atoms with Crippen molar-refractivity contribution in [1.82, 2.24) is 4.90 Å². The van der Waals surface area contributed by atoms with Crippen LogP contribution in [0.1, 0.15) is 12.8 Å². The van der Waals surface area contributed by atoms with Gasteiger partial charge in [0.05, 0.1) is 6.10 Å². The number of piperidine rings is 1. The van der Waals surface area contributed by atoms with Crippen molar-refractivity contribution in [2.45, 2.75) is 18.9 Å². The van der Waals surface area contributed by atoms with Crippen LogP contribution in [-0.2, 0) is 0 Å². The molecule has 1 aliphatic rings. The van der Waals surface area contributed by atoms with Crippen LogP contribution in [0.2, 0.25) is 0 Å². The molecule has 5 nitrogen and oxygen atoms in total. The maximum Gasteiger partial charge on any atom is 0.0564 e. The smallest absolute Gasteiger partial charge is 0.0564 e. The predicted octanol–water partition coefficient (Wildman–Crippen LogP) is 0.753. The molecular formula is C7H14N4O. The molecule has 0 aromatic rings. The molecule has 1 rings (SSSR count). The van der Waals surface area contributed by atoms with Crippen molar-refractivity contribution in [2.75, 3.05) is 26.2 Å². The first kappa shape index (κ1) is 9.32. The zero-order valence-corrected chi connectivity index (χ0v) is 7.06. The molecule has 0 radical (unpaired) electrons. The molecule has 0 spiro atoms. The Morgan fingerprint density at radius 1 is 1.50 bits per heavy atom. The van der Waals surface area contributed by atoms with E-state index in [0.717, 1.165) is 32.5 Å². The minimum absolute atomic E-state index is 0.124. The third-order valence-corrected chi connectivity index (χ3v) is 2.14. The number of rotatable bonds is 3. The summed E-state index contributed by atoms with van der Waals surface area (Å²) in [5.41, 5.74) is 8.04. The van der Waals surface area contributed by atoms with Crippen molar-refractivity contribution in [3.05, 3.63) is 10.4 Å². The summed E-state index contributed by atoms with van der Waals surface area (Å²) < 4.78 is 0. The van der Waals surface area contributed by atoms with Gasteiger partial charge in [-0.3, -0.25) is 0 Å². The Balaban J connectivity index is 2.13. The summed E-state index contributed by atoms with van der Waals surface area (Å²) in [6, 6.07) is 0. The molecule has 1 saturated heterocycles. The summed E-state index contributed by atoms with van der Waals surface area (Å²) in [4.78, 5) is 4.89. The van der Waals surface area contributed by atoms with Gasteiger partial charge in [0.2, 0.25) is 0 Å². The lowest BCUT2D eigenvalue weighted by atomic mass is 10.1. The van der Waals surface area contributed by atoms with E-state index in [1.165, 1.54) is 0 Å². The quantitative estimate of drug-likeness (QED) is 0.385. The van der Waals surface area contributed by atoms with Gasteiger partial charge in [0, 0.05) is 31.1 Å². The van der Waals surface area contributed by atoms with Crippen LogP contribution in [0, 0.1) is 0 Å². The van der Waals surface area contributed by atoms with Gasteiger partial charge >= 0.3 is 0 Å². The van der Waals surface area contributed by atoms with Crippen molar-refractivity contribution in [3.8, 4) is 0 Å². The average Bonchev–Trinajstić information content (AvgIpc) is 2.09. The highest BCUT2D eigenvalue weighted by Gasteiger charge is 2.15. The Bertz CT molecular complexity index is 170. The van der Waals surface area contributed by atoms with E-state index in [4.69, 9.17) is 5.53 Å². The highest BCUT2D eigenvalue weighted by atomic mass is 16.3. The Morgan fingerprint density at radius 2 is 2.17 bits per heavy atom. The van der Waals surface area contributed by atoms with Crippen LogP contribution in [0.25, 0.3) is 10.4 Å². The van der Waals surface area contributed by atoms with Crippen molar-refractivity contribution >= 4 is 0 Å². The van der Waals surface area contributed by atoms with E-state index in [0.29, 0.717) is 6.54 Å². The predicted molar refractivity (Wildman–Crippen MR) is 45.7 cm³/mol. The van der Waals surface area contributed by atoms with Gasteiger partial charge in [-0.1, -0.05) is 5.11 Å². The molecule has 0 atom stereocenters. The molecule has 0 unspecified atom stereocenters. The van der Waals surface area contributed by atoms with Gasteiger partial charge in [0.15, 0.2) is 0 Å². The van der Waals surface area contributed by atoms with Crippen molar-refractivity contribution in [3.63, 3.8) is 0 Å². The van der Waals surface area contributed by atoms with Crippen molar-refractivity contribution < 1.29 is 5.11 Å². The molecule has 1 fully saturated rings. The minimum Gasteiger partial charge on any atom is -0.393 e. The van der Waals surface area contributed by atoms with E-state index in [9.17, 15) is 5.11 Å². The standard InChI is InChI=1S/C7H14N4O/c8-10-9-3-6-11-4-1-7(12)2-5-11/h7,12H,1-6H2. The fourth-order valence-electron chi connectivity index (χ4n) is 1.37. The lowest BCUT2D eigenvalue weighted by Crippen LogP contribution is -2.37. The molecule has 1 aliphatic heterocycles. The lowest BCUT2D eigenvalue weighted by molar-refractivity contribution is 0.0841. The second kappa shape index (κ2) is 4.98. The van der Waals surface area contributed by atoms with Gasteiger partial charge in [-0.25, -0.2) is 0 Å². The van der Waals surface area contributed by atoms with Gasteiger partial charge in [-0.15, -0.1) is 0 Å². The Morgan fingerprint density at radius 3 is 2.75 bits per heavy atom. The van der Waals surface area contributed by atoms with E-state index in [-0.39, 0.29) is 6.10 Å². The molecule has 0 aromatic heterocycles. The third kappa shape index (κ3) is 3.09. The first-order valence-corrected chi connectivity index (χ1v) is 4.24. The number of nitrogens with zero attached hydrogens (tertiary/aromatic N) is 4. The van der Waals surface area contributed by atoms with E-state index in [2.05, 4.69) is 14.9 Å². The summed E-state index contributed by atoms with van der Waals surface area (Å²) in [6.07, 6.45) is 1.56. The van der Waals surface area contributed by atoms with Gasteiger partial charge in [0.25, 0.3) is 0 Å². The Labute approximate surface area is 71.6 Å². The van der Waals surface area contributed by atoms with Crippen LogP contribution >= 0.6 is 0 Å². The monoisotopic (exact) mass is 170 g/mol. The maximum absolute atomic E-state index is 9.19. The van der Waals surface area contributed by atoms with E-state index in [1.54, 1.807) is 0 Å². The lowest BCUT2D eigenvalue weighted by Gasteiger charge is -2.28. The topological polar surface area (TPSA) is 72.2 Å². The molecule has 0 saturated carbocycles. The molecule has 0 bridgehead atoms. The van der Waals surface area contributed by atoms with Crippen LogP contribution in [0.4, 0.5) is 0 Å². The molecule has 12 heavy (non-hydrogen) atoms. The molecule has 5 heteroatoms. The van der Waals surface area contributed by atoms with Gasteiger partial charge in [0.1, 0.15) is 0 Å². The zero-order valence-electron chi connectivity index (χ0n) is 7.06. The summed E-state index contributed by atoms with van der Waals surface area (Å²) >= 11 is 0. The Kier molecular flexibility index (Phi) is 3.87. The SMILES string of the molecule is [N-]=[N+]=NCCN1CCC(O)CC1. The first-order chi connectivity index (χ1) is 5.83. The van der Waals surface area contributed by atoms with E-state index in [1.807, 2.05) is 0 Å². The summed E-state index contributed by atoms with van der Waals surface area (Å²) in [6.45, 7) is 3.19. The minimum atomic E-state index is -0.124. The number of hydrogen-bond donors (Lipinski definition) is 1. The fourth-order valence-corrected chi connectivity index (χ4v) is 1.37. The highest BCUT2D eigenvalue weighted by Crippen LogP contribution is 2.08. The van der Waals surface area contributed by atoms with Gasteiger partial charge < -0.3 is 10.0 Å². The number of aliphatic hydroxyl groups excluding tert-OH is 1. The number of hydrogen-bond acceptors (Lipinski definition) is 3. The van der Waals surface area contributed by atoms with Crippen LogP contribution in [0.3, 0.4) is 0 Å². The van der Waals surface area contributed by atoms with E-state index >= 15 is 0 Å². The highest BCUT2D eigenvalue weighted by molar-refractivity contribution is 4.71. The molecular weight excluding hydrogens is 156 g/mol. The van der Waals surface area contributed by atoms with E-state index < -0.39 is 0 Å². The largest absolute Gasteiger partial charge is 0.393 e. The van der Waals surface area contributed by atoms with Gasteiger partial charge in [-0.2, -0.15) is 0 Å². The molecule has 0 aliphatic carbocycles. The average molecular weight is 170 g/mol. The third-order valence-electron chi connectivity index (χ3n) is 2.14. The number of likely N-dealkylation sites (tertiary alicyclic amines) is 1. The van der Waals surface area contributed by atoms with Crippen LogP contribution in [-0.4, -0.2) is 42.3 Å². The molecule has 1 heterocycles.